The Kier molecular flexibility index (Phi) is 4.57. The fourth-order valence-corrected chi connectivity index (χ4v) is 2.16. The van der Waals surface area contributed by atoms with E-state index in [9.17, 15) is 10.1 Å². The molecule has 0 bridgehead atoms. The molecule has 1 aromatic rings. The molecule has 1 unspecified atom stereocenters. The molecule has 19 heavy (non-hydrogen) atoms. The minimum absolute atomic E-state index is 0.105. The van der Waals surface area contributed by atoms with Crippen molar-refractivity contribution in [2.75, 3.05) is 19.3 Å². The highest BCUT2D eigenvalue weighted by Gasteiger charge is 2.11. The second kappa shape index (κ2) is 6.38. The summed E-state index contributed by atoms with van der Waals surface area (Å²) in [5, 5.41) is 14.3. The lowest BCUT2D eigenvalue weighted by atomic mass is 10.2. The van der Waals surface area contributed by atoms with Crippen LogP contribution in [0.25, 0.3) is 6.08 Å². The molecule has 1 aliphatic heterocycles. The fraction of sp³-hybridized carbons (Fsp3) is 0.308. The molecule has 100 valence electrons. The first-order chi connectivity index (χ1) is 9.19. The van der Waals surface area contributed by atoms with Gasteiger partial charge in [0.1, 0.15) is 5.84 Å². The van der Waals surface area contributed by atoms with Gasteiger partial charge >= 0.3 is 0 Å². The summed E-state index contributed by atoms with van der Waals surface area (Å²) >= 11 is 1.81. The zero-order valence-corrected chi connectivity index (χ0v) is 11.4. The standard InChI is InChI=1S/C13H15N3O2S/c1-19-12-8-14-13(15-9-12)7-4-10-2-5-11(6-3-10)16(17)18/h2-7,12H,8-9H2,1H3,(H,14,15)/b7-4+. The second-order valence-corrected chi connectivity index (χ2v) is 5.28. The molecule has 5 nitrogen and oxygen atoms in total. The highest BCUT2D eigenvalue weighted by atomic mass is 32.2. The second-order valence-electron chi connectivity index (χ2n) is 4.15. The van der Waals surface area contributed by atoms with Crippen LogP contribution >= 0.6 is 11.8 Å². The number of nitro groups is 1. The van der Waals surface area contributed by atoms with Gasteiger partial charge in [-0.3, -0.25) is 15.1 Å². The molecule has 0 saturated carbocycles. The summed E-state index contributed by atoms with van der Waals surface area (Å²) in [5.41, 5.74) is 1.02. The van der Waals surface area contributed by atoms with Gasteiger partial charge in [-0.1, -0.05) is 6.08 Å². The number of amidine groups is 1. The SMILES string of the molecule is CSC1CN=C(/C=C/c2ccc([N+](=O)[O-])cc2)NC1. The Hall–Kier alpha value is -1.82. The third-order valence-corrected chi connectivity index (χ3v) is 3.83. The minimum Gasteiger partial charge on any atom is -0.369 e. The monoisotopic (exact) mass is 277 g/mol. The number of hydrogen-bond acceptors (Lipinski definition) is 5. The van der Waals surface area contributed by atoms with E-state index in [0.717, 1.165) is 24.5 Å². The summed E-state index contributed by atoms with van der Waals surface area (Å²) in [6.45, 7) is 1.75. The van der Waals surface area contributed by atoms with Crippen LogP contribution in [0.2, 0.25) is 0 Å². The first kappa shape index (κ1) is 13.6. The average Bonchev–Trinajstić information content (AvgIpc) is 2.46. The summed E-state index contributed by atoms with van der Waals surface area (Å²) in [6, 6.07) is 6.45. The summed E-state index contributed by atoms with van der Waals surface area (Å²) in [7, 11) is 0. The Bertz CT molecular complexity index is 511. The van der Waals surface area contributed by atoms with Crippen molar-refractivity contribution in [2.24, 2.45) is 4.99 Å². The minimum atomic E-state index is -0.400. The van der Waals surface area contributed by atoms with E-state index in [1.165, 1.54) is 12.1 Å². The van der Waals surface area contributed by atoms with Crippen molar-refractivity contribution in [1.82, 2.24) is 5.32 Å². The van der Waals surface area contributed by atoms with Gasteiger partial charge in [0.2, 0.25) is 0 Å². The van der Waals surface area contributed by atoms with E-state index in [1.54, 1.807) is 12.1 Å². The molecule has 0 spiro atoms. The lowest BCUT2D eigenvalue weighted by Crippen LogP contribution is -2.36. The van der Waals surface area contributed by atoms with Gasteiger partial charge in [0.05, 0.1) is 11.5 Å². The predicted octanol–water partition coefficient (Wildman–Crippen LogP) is 2.34. The van der Waals surface area contributed by atoms with E-state index in [-0.39, 0.29) is 5.69 Å². The van der Waals surface area contributed by atoms with Gasteiger partial charge in [-0.05, 0) is 30.0 Å². The fourth-order valence-electron chi connectivity index (χ4n) is 1.69. The molecular formula is C13H15N3O2S. The number of non-ortho nitro benzene ring substituents is 1. The van der Waals surface area contributed by atoms with Crippen molar-refractivity contribution in [3.63, 3.8) is 0 Å². The topological polar surface area (TPSA) is 67.5 Å². The number of thioether (sulfide) groups is 1. The van der Waals surface area contributed by atoms with Crippen molar-refractivity contribution in [1.29, 1.82) is 0 Å². The van der Waals surface area contributed by atoms with Crippen molar-refractivity contribution in [2.45, 2.75) is 5.25 Å². The molecule has 1 aliphatic rings. The number of nitrogens with zero attached hydrogens (tertiary/aromatic N) is 2. The maximum atomic E-state index is 10.5. The Labute approximate surface area is 116 Å². The lowest BCUT2D eigenvalue weighted by Gasteiger charge is -2.19. The van der Waals surface area contributed by atoms with E-state index in [1.807, 2.05) is 23.9 Å². The van der Waals surface area contributed by atoms with E-state index in [2.05, 4.69) is 16.6 Å². The van der Waals surface area contributed by atoms with Gasteiger partial charge in [0.15, 0.2) is 0 Å². The largest absolute Gasteiger partial charge is 0.369 e. The number of hydrogen-bond donors (Lipinski definition) is 1. The van der Waals surface area contributed by atoms with Crippen LogP contribution in [0.15, 0.2) is 35.3 Å². The third-order valence-electron chi connectivity index (χ3n) is 2.85. The molecule has 0 aliphatic carbocycles. The molecule has 0 amide bonds. The van der Waals surface area contributed by atoms with Crippen molar-refractivity contribution >= 4 is 29.4 Å². The zero-order valence-electron chi connectivity index (χ0n) is 10.6. The molecule has 6 heteroatoms. The quantitative estimate of drug-likeness (QED) is 0.677. The van der Waals surface area contributed by atoms with Gasteiger partial charge in [-0.25, -0.2) is 0 Å². The average molecular weight is 277 g/mol. The van der Waals surface area contributed by atoms with E-state index >= 15 is 0 Å². The molecule has 0 fully saturated rings. The van der Waals surface area contributed by atoms with Crippen LogP contribution < -0.4 is 5.32 Å². The molecule has 1 aromatic carbocycles. The molecule has 1 atom stereocenters. The molecule has 1 N–H and O–H groups in total. The van der Waals surface area contributed by atoms with Crippen molar-refractivity contribution in [3.05, 3.63) is 46.0 Å². The van der Waals surface area contributed by atoms with Gasteiger partial charge in [-0.15, -0.1) is 0 Å². The smallest absolute Gasteiger partial charge is 0.269 e. The predicted molar refractivity (Wildman–Crippen MR) is 79.7 cm³/mol. The van der Waals surface area contributed by atoms with Crippen LogP contribution in [0.3, 0.4) is 0 Å². The maximum Gasteiger partial charge on any atom is 0.269 e. The van der Waals surface area contributed by atoms with Gasteiger partial charge in [0, 0.05) is 23.9 Å². The lowest BCUT2D eigenvalue weighted by molar-refractivity contribution is -0.384. The Morgan fingerprint density at radius 3 is 2.68 bits per heavy atom. The Morgan fingerprint density at radius 1 is 1.42 bits per heavy atom. The zero-order chi connectivity index (χ0) is 13.7. The van der Waals surface area contributed by atoms with Gasteiger partial charge < -0.3 is 5.32 Å². The Morgan fingerprint density at radius 2 is 2.16 bits per heavy atom. The molecule has 1 heterocycles. The Balaban J connectivity index is 1.99. The number of nitro benzene ring substituents is 1. The summed E-state index contributed by atoms with van der Waals surface area (Å²) in [5.74, 6) is 0.864. The summed E-state index contributed by atoms with van der Waals surface area (Å²) < 4.78 is 0. The van der Waals surface area contributed by atoms with Crippen LogP contribution in [-0.4, -0.2) is 35.4 Å². The normalized spacial score (nSPS) is 19.0. The maximum absolute atomic E-state index is 10.5. The summed E-state index contributed by atoms with van der Waals surface area (Å²) in [4.78, 5) is 14.6. The molecule has 0 radical (unpaired) electrons. The molecule has 2 rings (SSSR count). The highest BCUT2D eigenvalue weighted by Crippen LogP contribution is 2.13. The van der Waals surface area contributed by atoms with Crippen LogP contribution in [-0.2, 0) is 0 Å². The van der Waals surface area contributed by atoms with Crippen LogP contribution in [0.4, 0.5) is 5.69 Å². The van der Waals surface area contributed by atoms with E-state index in [0.29, 0.717) is 5.25 Å². The number of rotatable bonds is 4. The van der Waals surface area contributed by atoms with Gasteiger partial charge in [0.25, 0.3) is 5.69 Å². The van der Waals surface area contributed by atoms with Gasteiger partial charge in [-0.2, -0.15) is 11.8 Å². The first-order valence-corrected chi connectivity index (χ1v) is 7.21. The van der Waals surface area contributed by atoms with E-state index < -0.39 is 4.92 Å². The van der Waals surface area contributed by atoms with Crippen molar-refractivity contribution in [3.8, 4) is 0 Å². The molecular weight excluding hydrogens is 262 g/mol. The number of benzene rings is 1. The van der Waals surface area contributed by atoms with E-state index in [4.69, 9.17) is 0 Å². The van der Waals surface area contributed by atoms with Crippen LogP contribution in [0.1, 0.15) is 5.56 Å². The molecule has 0 saturated heterocycles. The van der Waals surface area contributed by atoms with Crippen LogP contribution in [0, 0.1) is 10.1 Å². The number of nitrogens with one attached hydrogen (secondary N) is 1. The summed E-state index contributed by atoms with van der Waals surface area (Å²) in [6.07, 6.45) is 5.88. The highest BCUT2D eigenvalue weighted by molar-refractivity contribution is 7.99. The molecule has 0 aromatic heterocycles. The van der Waals surface area contributed by atoms with Crippen molar-refractivity contribution < 1.29 is 4.92 Å². The first-order valence-electron chi connectivity index (χ1n) is 5.92. The van der Waals surface area contributed by atoms with Crippen LogP contribution in [0.5, 0.6) is 0 Å². The number of aliphatic imine (C=N–C) groups is 1. The third kappa shape index (κ3) is 3.82.